The molecular weight excluding hydrogens is 334 g/mol. The van der Waals surface area contributed by atoms with Crippen molar-refractivity contribution in [1.29, 1.82) is 0 Å². The molecule has 0 saturated heterocycles. The van der Waals surface area contributed by atoms with Crippen molar-refractivity contribution >= 4 is 33.2 Å². The third-order valence-electron chi connectivity index (χ3n) is 2.60. The first-order valence-corrected chi connectivity index (χ1v) is 9.12. The molecule has 0 bridgehead atoms. The van der Waals surface area contributed by atoms with E-state index in [0.717, 1.165) is 0 Å². The average Bonchev–Trinajstić information content (AvgIpc) is 2.87. The minimum atomic E-state index is -3.34. The van der Waals surface area contributed by atoms with E-state index in [1.165, 1.54) is 23.9 Å². The first-order valence-electron chi connectivity index (χ1n) is 6.10. The Labute approximate surface area is 131 Å². The van der Waals surface area contributed by atoms with Gasteiger partial charge in [0.1, 0.15) is 0 Å². The molecule has 0 amide bonds. The van der Waals surface area contributed by atoms with Crippen molar-refractivity contribution in [3.63, 3.8) is 0 Å². The molecule has 1 aromatic carbocycles. The Hall–Kier alpha value is -1.16. The van der Waals surface area contributed by atoms with Gasteiger partial charge in [0, 0.05) is 17.3 Å². The second-order valence-corrected chi connectivity index (χ2v) is 7.70. The van der Waals surface area contributed by atoms with E-state index in [1.807, 2.05) is 0 Å². The largest absolute Gasteiger partial charge is 0.329 e. The molecule has 0 radical (unpaired) electrons. The fourth-order valence-electron chi connectivity index (χ4n) is 1.56. The van der Waals surface area contributed by atoms with E-state index < -0.39 is 9.84 Å². The number of aromatic nitrogens is 4. The van der Waals surface area contributed by atoms with Crippen LogP contribution in [0.4, 0.5) is 0 Å². The van der Waals surface area contributed by atoms with Crippen molar-refractivity contribution in [2.75, 3.05) is 18.1 Å². The van der Waals surface area contributed by atoms with Gasteiger partial charge in [0.15, 0.2) is 9.84 Å². The first kappa shape index (κ1) is 16.2. The van der Waals surface area contributed by atoms with E-state index in [9.17, 15) is 8.42 Å². The molecule has 2 rings (SSSR count). The van der Waals surface area contributed by atoms with Crippen LogP contribution in [-0.4, -0.2) is 46.7 Å². The zero-order valence-electron chi connectivity index (χ0n) is 11.0. The van der Waals surface area contributed by atoms with Gasteiger partial charge in [0.05, 0.1) is 17.2 Å². The molecule has 10 heteroatoms. The molecule has 1 aromatic heterocycles. The Morgan fingerprint density at radius 2 is 2.00 bits per heavy atom. The summed E-state index contributed by atoms with van der Waals surface area (Å²) in [7, 11) is -3.34. The predicted octanol–water partition coefficient (Wildman–Crippen LogP) is 0.851. The number of nitrogens with zero attached hydrogens (tertiary/aromatic N) is 4. The zero-order chi connectivity index (χ0) is 15.3. The average molecular weight is 348 g/mol. The molecule has 2 N–H and O–H groups in total. The van der Waals surface area contributed by atoms with Gasteiger partial charge in [-0.3, -0.25) is 0 Å². The highest BCUT2D eigenvalue weighted by Gasteiger charge is 2.15. The molecule has 0 unspecified atom stereocenters. The monoisotopic (exact) mass is 347 g/mol. The Kier molecular flexibility index (Phi) is 5.57. The van der Waals surface area contributed by atoms with Gasteiger partial charge in [-0.2, -0.15) is 0 Å². The summed E-state index contributed by atoms with van der Waals surface area (Å²) in [6.07, 6.45) is 0. The number of nitrogens with two attached hydrogens (primary N) is 1. The van der Waals surface area contributed by atoms with Crippen molar-refractivity contribution in [1.82, 2.24) is 20.2 Å². The summed E-state index contributed by atoms with van der Waals surface area (Å²) in [6.45, 7) is 0.918. The lowest BCUT2D eigenvalue weighted by atomic mass is 10.4. The summed E-state index contributed by atoms with van der Waals surface area (Å²) >= 11 is 7.03. The molecule has 2 aromatic rings. The van der Waals surface area contributed by atoms with Crippen molar-refractivity contribution in [3.8, 4) is 0 Å². The number of tetrazole rings is 1. The van der Waals surface area contributed by atoms with Crippen LogP contribution in [0.15, 0.2) is 34.3 Å². The van der Waals surface area contributed by atoms with E-state index >= 15 is 0 Å². The topological polar surface area (TPSA) is 104 Å². The maximum absolute atomic E-state index is 12.1. The van der Waals surface area contributed by atoms with Crippen LogP contribution in [0.2, 0.25) is 5.02 Å². The predicted molar refractivity (Wildman–Crippen MR) is 81.1 cm³/mol. The summed E-state index contributed by atoms with van der Waals surface area (Å²) < 4.78 is 25.9. The Bertz CT molecular complexity index is 687. The van der Waals surface area contributed by atoms with Gasteiger partial charge in [0.2, 0.25) is 5.16 Å². The Balaban J connectivity index is 1.96. The quantitative estimate of drug-likeness (QED) is 0.740. The summed E-state index contributed by atoms with van der Waals surface area (Å²) in [5.41, 5.74) is 5.44. The SMILES string of the molecule is NCCn1nnnc1SCCS(=O)(=O)c1ccc(Cl)cc1. The van der Waals surface area contributed by atoms with Crippen LogP contribution >= 0.6 is 23.4 Å². The fourth-order valence-corrected chi connectivity index (χ4v) is 4.24. The highest BCUT2D eigenvalue weighted by Crippen LogP contribution is 2.19. The molecule has 1 heterocycles. The van der Waals surface area contributed by atoms with E-state index in [0.29, 0.717) is 29.0 Å². The molecule has 0 spiro atoms. The van der Waals surface area contributed by atoms with Gasteiger partial charge in [-0.05, 0) is 34.7 Å². The van der Waals surface area contributed by atoms with Crippen LogP contribution < -0.4 is 5.73 Å². The maximum Gasteiger partial charge on any atom is 0.209 e. The fraction of sp³-hybridized carbons (Fsp3) is 0.364. The molecule has 0 saturated carbocycles. The molecule has 0 aliphatic carbocycles. The molecule has 114 valence electrons. The second-order valence-electron chi connectivity index (χ2n) is 4.09. The highest BCUT2D eigenvalue weighted by molar-refractivity contribution is 8.00. The van der Waals surface area contributed by atoms with Crippen molar-refractivity contribution in [2.24, 2.45) is 5.73 Å². The van der Waals surface area contributed by atoms with Crippen LogP contribution in [0.3, 0.4) is 0 Å². The van der Waals surface area contributed by atoms with Gasteiger partial charge in [-0.1, -0.05) is 23.4 Å². The third-order valence-corrected chi connectivity index (χ3v) is 5.80. The number of hydrogen-bond acceptors (Lipinski definition) is 7. The number of hydrogen-bond donors (Lipinski definition) is 1. The second kappa shape index (κ2) is 7.21. The van der Waals surface area contributed by atoms with E-state index in [-0.39, 0.29) is 10.6 Å². The maximum atomic E-state index is 12.1. The third kappa shape index (κ3) is 4.40. The van der Waals surface area contributed by atoms with Crippen LogP contribution in [-0.2, 0) is 16.4 Å². The van der Waals surface area contributed by atoms with Crippen LogP contribution in [0.5, 0.6) is 0 Å². The lowest BCUT2D eigenvalue weighted by Crippen LogP contribution is -2.13. The Morgan fingerprint density at radius 3 is 2.67 bits per heavy atom. The minimum Gasteiger partial charge on any atom is -0.329 e. The molecular formula is C11H14ClN5O2S2. The molecule has 21 heavy (non-hydrogen) atoms. The van der Waals surface area contributed by atoms with Crippen molar-refractivity contribution < 1.29 is 8.42 Å². The summed E-state index contributed by atoms with van der Waals surface area (Å²) in [4.78, 5) is 0.258. The van der Waals surface area contributed by atoms with E-state index in [1.54, 1.807) is 16.8 Å². The number of thioether (sulfide) groups is 1. The Morgan fingerprint density at radius 1 is 1.29 bits per heavy atom. The van der Waals surface area contributed by atoms with Crippen molar-refractivity contribution in [2.45, 2.75) is 16.6 Å². The van der Waals surface area contributed by atoms with Gasteiger partial charge < -0.3 is 5.73 Å². The summed E-state index contributed by atoms with van der Waals surface area (Å²) in [5, 5.41) is 12.2. The lowest BCUT2D eigenvalue weighted by Gasteiger charge is -2.05. The van der Waals surface area contributed by atoms with Gasteiger partial charge in [-0.25, -0.2) is 13.1 Å². The van der Waals surface area contributed by atoms with Gasteiger partial charge in [0.25, 0.3) is 0 Å². The standard InChI is InChI=1S/C11H14ClN5O2S2/c12-9-1-3-10(4-2-9)21(18,19)8-7-20-11-14-15-16-17(11)6-5-13/h1-4H,5-8,13H2. The van der Waals surface area contributed by atoms with Crippen LogP contribution in [0.1, 0.15) is 0 Å². The first-order chi connectivity index (χ1) is 10.0. The summed E-state index contributed by atoms with van der Waals surface area (Å²) in [5.74, 6) is 0.352. The molecule has 0 atom stereocenters. The van der Waals surface area contributed by atoms with Crippen LogP contribution in [0, 0.1) is 0 Å². The van der Waals surface area contributed by atoms with Crippen LogP contribution in [0.25, 0.3) is 0 Å². The van der Waals surface area contributed by atoms with Gasteiger partial charge in [-0.15, -0.1) is 5.10 Å². The molecule has 0 aliphatic heterocycles. The number of sulfone groups is 1. The highest BCUT2D eigenvalue weighted by atomic mass is 35.5. The number of halogens is 1. The molecule has 0 fully saturated rings. The lowest BCUT2D eigenvalue weighted by molar-refractivity contribution is 0.557. The van der Waals surface area contributed by atoms with Gasteiger partial charge >= 0.3 is 0 Å². The van der Waals surface area contributed by atoms with Crippen molar-refractivity contribution in [3.05, 3.63) is 29.3 Å². The van der Waals surface area contributed by atoms with E-state index in [2.05, 4.69) is 15.5 Å². The molecule has 0 aliphatic rings. The summed E-state index contributed by atoms with van der Waals surface area (Å²) in [6, 6.07) is 6.12. The normalized spacial score (nSPS) is 11.7. The number of rotatable bonds is 7. The smallest absolute Gasteiger partial charge is 0.209 e. The van der Waals surface area contributed by atoms with E-state index in [4.69, 9.17) is 17.3 Å². The minimum absolute atomic E-state index is 0.00517. The molecule has 7 nitrogen and oxygen atoms in total. The zero-order valence-corrected chi connectivity index (χ0v) is 13.4. The number of benzene rings is 1.